The highest BCUT2D eigenvalue weighted by molar-refractivity contribution is 9.10. The summed E-state index contributed by atoms with van der Waals surface area (Å²) in [6, 6.07) is 5.20. The first-order valence-electron chi connectivity index (χ1n) is 6.27. The number of aromatic nitrogens is 2. The van der Waals surface area contributed by atoms with Crippen molar-refractivity contribution in [2.45, 2.75) is 20.4 Å². The van der Waals surface area contributed by atoms with E-state index < -0.39 is 5.97 Å². The van der Waals surface area contributed by atoms with E-state index in [1.165, 1.54) is 0 Å². The fourth-order valence-corrected chi connectivity index (χ4v) is 2.92. The fraction of sp³-hybridized carbons (Fsp3) is 0.286. The van der Waals surface area contributed by atoms with Crippen molar-refractivity contribution < 1.29 is 9.53 Å². The van der Waals surface area contributed by atoms with E-state index in [0.717, 1.165) is 5.56 Å². The summed E-state index contributed by atoms with van der Waals surface area (Å²) >= 11 is 15.5. The summed E-state index contributed by atoms with van der Waals surface area (Å²) in [5, 5.41) is 1.16. The maximum absolute atomic E-state index is 12.1. The number of carbonyl (C=O) groups is 1. The van der Waals surface area contributed by atoms with Gasteiger partial charge in [0.1, 0.15) is 0 Å². The molecule has 0 aliphatic heterocycles. The summed E-state index contributed by atoms with van der Waals surface area (Å²) < 4.78 is 7.33. The number of carbonyl (C=O) groups excluding carboxylic acids is 1. The molecule has 1 aromatic heterocycles. The molecule has 0 unspecified atom stereocenters. The molecule has 0 N–H and O–H groups in total. The second-order valence-electron chi connectivity index (χ2n) is 4.36. The van der Waals surface area contributed by atoms with Gasteiger partial charge in [-0.3, -0.25) is 0 Å². The van der Waals surface area contributed by atoms with Gasteiger partial charge in [0.2, 0.25) is 0 Å². The largest absolute Gasteiger partial charge is 0.461 e. The van der Waals surface area contributed by atoms with Gasteiger partial charge in [-0.2, -0.15) is 0 Å². The van der Waals surface area contributed by atoms with Crippen LogP contribution < -0.4 is 0 Å². The van der Waals surface area contributed by atoms with Gasteiger partial charge >= 0.3 is 5.97 Å². The number of rotatable bonds is 4. The number of esters is 1. The second kappa shape index (κ2) is 6.81. The monoisotopic (exact) mass is 390 g/mol. The highest BCUT2D eigenvalue weighted by Crippen LogP contribution is 2.25. The van der Waals surface area contributed by atoms with Gasteiger partial charge in [0.25, 0.3) is 0 Å². The Hall–Kier alpha value is -1.04. The summed E-state index contributed by atoms with van der Waals surface area (Å²) in [6.07, 6.45) is 0. The van der Waals surface area contributed by atoms with Gasteiger partial charge in [-0.25, -0.2) is 9.78 Å². The van der Waals surface area contributed by atoms with Crippen LogP contribution in [0.15, 0.2) is 22.9 Å². The van der Waals surface area contributed by atoms with Crippen LogP contribution >= 0.6 is 39.1 Å². The predicted octanol–water partition coefficient (Wildman–Crippen LogP) is 4.49. The third-order valence-corrected chi connectivity index (χ3v) is 4.11. The molecular formula is C14H13BrCl2N2O2. The number of nitrogens with zero attached hydrogens (tertiary/aromatic N) is 2. The molecule has 0 aliphatic carbocycles. The van der Waals surface area contributed by atoms with E-state index in [2.05, 4.69) is 20.9 Å². The van der Waals surface area contributed by atoms with Crippen LogP contribution in [-0.4, -0.2) is 22.1 Å². The average Bonchev–Trinajstić information content (AvgIpc) is 2.69. The van der Waals surface area contributed by atoms with Crippen molar-refractivity contribution in [3.05, 3.63) is 49.9 Å². The molecule has 0 fully saturated rings. The summed E-state index contributed by atoms with van der Waals surface area (Å²) in [6.45, 7) is 4.19. The summed E-state index contributed by atoms with van der Waals surface area (Å²) in [5.74, 6) is -0.411. The molecular weight excluding hydrogens is 379 g/mol. The summed E-state index contributed by atoms with van der Waals surface area (Å²) in [4.78, 5) is 16.3. The van der Waals surface area contributed by atoms with Gasteiger partial charge in [-0.05, 0) is 53.5 Å². The Labute approximate surface area is 141 Å². The number of imidazole rings is 1. The molecule has 2 aromatic rings. The number of ether oxygens (including phenoxy) is 1. The Morgan fingerprint density at radius 3 is 2.81 bits per heavy atom. The first-order chi connectivity index (χ1) is 9.93. The molecule has 1 heterocycles. The molecule has 0 saturated carbocycles. The van der Waals surface area contributed by atoms with Crippen molar-refractivity contribution in [3.63, 3.8) is 0 Å². The molecule has 0 atom stereocenters. The van der Waals surface area contributed by atoms with Crippen molar-refractivity contribution >= 4 is 45.1 Å². The van der Waals surface area contributed by atoms with Gasteiger partial charge in [-0.15, -0.1) is 0 Å². The van der Waals surface area contributed by atoms with Crippen LogP contribution in [0, 0.1) is 6.92 Å². The Bertz CT molecular complexity index is 686. The van der Waals surface area contributed by atoms with Gasteiger partial charge in [0.15, 0.2) is 10.4 Å². The Balaban J connectivity index is 2.44. The Morgan fingerprint density at radius 1 is 1.43 bits per heavy atom. The van der Waals surface area contributed by atoms with Crippen molar-refractivity contribution in [1.82, 2.24) is 9.55 Å². The molecule has 4 nitrogen and oxygen atoms in total. The van der Waals surface area contributed by atoms with E-state index >= 15 is 0 Å². The number of hydrogen-bond acceptors (Lipinski definition) is 3. The molecule has 21 heavy (non-hydrogen) atoms. The normalized spacial score (nSPS) is 10.7. The van der Waals surface area contributed by atoms with Crippen molar-refractivity contribution in [2.75, 3.05) is 6.61 Å². The maximum Gasteiger partial charge on any atom is 0.356 e. The fourth-order valence-electron chi connectivity index (χ4n) is 1.98. The molecule has 112 valence electrons. The molecule has 0 saturated heterocycles. The molecule has 1 aromatic carbocycles. The zero-order valence-corrected chi connectivity index (χ0v) is 14.6. The first kappa shape index (κ1) is 16.3. The van der Waals surface area contributed by atoms with Crippen LogP contribution in [0.25, 0.3) is 0 Å². The van der Waals surface area contributed by atoms with Crippen LogP contribution in [0.5, 0.6) is 0 Å². The van der Waals surface area contributed by atoms with E-state index in [1.807, 2.05) is 0 Å². The standard InChI is InChI=1S/C14H13BrCl2N2O2/c1-3-21-13(20)12-8(2)18-14(15)19(12)7-9-6-10(16)4-5-11(9)17/h4-6H,3,7H2,1-2H3. The third kappa shape index (κ3) is 3.59. The maximum atomic E-state index is 12.1. The van der Waals surface area contributed by atoms with E-state index in [-0.39, 0.29) is 0 Å². The average molecular weight is 392 g/mol. The lowest BCUT2D eigenvalue weighted by molar-refractivity contribution is 0.0513. The van der Waals surface area contributed by atoms with Crippen LogP contribution in [-0.2, 0) is 11.3 Å². The van der Waals surface area contributed by atoms with E-state index in [1.54, 1.807) is 36.6 Å². The number of hydrogen-bond donors (Lipinski definition) is 0. The van der Waals surface area contributed by atoms with Crippen molar-refractivity contribution in [1.29, 1.82) is 0 Å². The minimum absolute atomic E-state index is 0.305. The number of halogens is 3. The number of benzene rings is 1. The molecule has 0 spiro atoms. The number of aryl methyl sites for hydroxylation is 1. The van der Waals surface area contributed by atoms with Gasteiger partial charge < -0.3 is 9.30 Å². The quantitative estimate of drug-likeness (QED) is 0.721. The lowest BCUT2D eigenvalue weighted by atomic mass is 10.2. The Morgan fingerprint density at radius 2 is 2.14 bits per heavy atom. The zero-order valence-electron chi connectivity index (χ0n) is 11.5. The van der Waals surface area contributed by atoms with Gasteiger partial charge in [0, 0.05) is 10.0 Å². The Kier molecular flexibility index (Phi) is 5.30. The topological polar surface area (TPSA) is 44.1 Å². The highest BCUT2D eigenvalue weighted by atomic mass is 79.9. The molecule has 7 heteroatoms. The van der Waals surface area contributed by atoms with Gasteiger partial charge in [-0.1, -0.05) is 23.2 Å². The van der Waals surface area contributed by atoms with Crippen LogP contribution in [0.1, 0.15) is 28.7 Å². The highest BCUT2D eigenvalue weighted by Gasteiger charge is 2.21. The van der Waals surface area contributed by atoms with Crippen LogP contribution in [0.2, 0.25) is 10.0 Å². The minimum atomic E-state index is -0.411. The minimum Gasteiger partial charge on any atom is -0.461 e. The SMILES string of the molecule is CCOC(=O)c1c(C)nc(Br)n1Cc1cc(Cl)ccc1Cl. The summed E-state index contributed by atoms with van der Waals surface area (Å²) in [7, 11) is 0. The van der Waals surface area contributed by atoms with E-state index in [0.29, 0.717) is 39.3 Å². The van der Waals surface area contributed by atoms with Crippen molar-refractivity contribution in [3.8, 4) is 0 Å². The molecule has 0 bridgehead atoms. The van der Waals surface area contributed by atoms with Crippen LogP contribution in [0.4, 0.5) is 0 Å². The smallest absolute Gasteiger partial charge is 0.356 e. The molecule has 0 radical (unpaired) electrons. The molecule has 2 rings (SSSR count). The van der Waals surface area contributed by atoms with E-state index in [9.17, 15) is 4.79 Å². The summed E-state index contributed by atoms with van der Waals surface area (Å²) in [5.41, 5.74) is 1.80. The van der Waals surface area contributed by atoms with E-state index in [4.69, 9.17) is 27.9 Å². The second-order valence-corrected chi connectivity index (χ2v) is 5.91. The predicted molar refractivity (Wildman–Crippen MR) is 86.2 cm³/mol. The molecule has 0 aliphatic rings. The van der Waals surface area contributed by atoms with Crippen molar-refractivity contribution in [2.24, 2.45) is 0 Å². The van der Waals surface area contributed by atoms with Crippen LogP contribution in [0.3, 0.4) is 0 Å². The lowest BCUT2D eigenvalue weighted by Crippen LogP contribution is -2.14. The first-order valence-corrected chi connectivity index (χ1v) is 7.82. The zero-order chi connectivity index (χ0) is 15.6. The lowest BCUT2D eigenvalue weighted by Gasteiger charge is -2.11. The third-order valence-electron chi connectivity index (χ3n) is 2.90. The molecule has 0 amide bonds. The van der Waals surface area contributed by atoms with Gasteiger partial charge in [0.05, 0.1) is 18.8 Å².